The summed E-state index contributed by atoms with van der Waals surface area (Å²) in [6.07, 6.45) is -11.0. The molecule has 0 spiro atoms. The predicted octanol–water partition coefficient (Wildman–Crippen LogP) is 3.46. The van der Waals surface area contributed by atoms with Crippen molar-refractivity contribution >= 4 is 8.60 Å². The highest BCUT2D eigenvalue weighted by Crippen LogP contribution is 2.50. The van der Waals surface area contributed by atoms with Gasteiger partial charge in [0, 0.05) is 0 Å². The molecule has 0 aliphatic rings. The SMILES string of the molecule is CCOP(OCC)OC(F)(F)C(F)(F)F. The first-order chi connectivity index (χ1) is 6.74. The smallest absolute Gasteiger partial charge is 0.312 e. The van der Waals surface area contributed by atoms with E-state index in [2.05, 4.69) is 13.6 Å². The molecule has 0 amide bonds. The van der Waals surface area contributed by atoms with Gasteiger partial charge in [-0.05, 0) is 13.8 Å². The second-order valence-corrected chi connectivity index (χ2v) is 3.31. The summed E-state index contributed by atoms with van der Waals surface area (Å²) in [4.78, 5) is 0. The van der Waals surface area contributed by atoms with Gasteiger partial charge in [0.25, 0.3) is 0 Å². The van der Waals surface area contributed by atoms with E-state index in [1.165, 1.54) is 13.8 Å². The summed E-state index contributed by atoms with van der Waals surface area (Å²) < 4.78 is 72.1. The lowest BCUT2D eigenvalue weighted by Crippen LogP contribution is -2.38. The van der Waals surface area contributed by atoms with Gasteiger partial charge in [-0.25, -0.2) is 4.52 Å². The minimum atomic E-state index is -5.78. The summed E-state index contributed by atoms with van der Waals surface area (Å²) in [5.41, 5.74) is 0. The number of halogens is 5. The van der Waals surface area contributed by atoms with Crippen molar-refractivity contribution in [2.75, 3.05) is 13.2 Å². The normalized spacial score (nSPS) is 13.6. The first kappa shape index (κ1) is 15.0. The summed E-state index contributed by atoms with van der Waals surface area (Å²) in [5, 5.41) is 0. The molecule has 0 fully saturated rings. The van der Waals surface area contributed by atoms with E-state index in [0.717, 1.165) is 0 Å². The van der Waals surface area contributed by atoms with Gasteiger partial charge >= 0.3 is 20.9 Å². The molecule has 15 heavy (non-hydrogen) atoms. The van der Waals surface area contributed by atoms with Gasteiger partial charge in [0.1, 0.15) is 0 Å². The number of rotatable bonds is 6. The lowest BCUT2D eigenvalue weighted by atomic mass is 10.6. The summed E-state index contributed by atoms with van der Waals surface area (Å²) in [6, 6.07) is 0. The number of hydrogen-bond donors (Lipinski definition) is 0. The monoisotopic (exact) mass is 256 g/mol. The van der Waals surface area contributed by atoms with Crippen LogP contribution < -0.4 is 0 Å². The van der Waals surface area contributed by atoms with E-state index < -0.39 is 20.9 Å². The lowest BCUT2D eigenvalue weighted by molar-refractivity contribution is -0.363. The molecule has 0 aliphatic carbocycles. The Morgan fingerprint density at radius 3 is 1.60 bits per heavy atom. The quantitative estimate of drug-likeness (QED) is 0.538. The molecule has 9 heteroatoms. The largest absolute Gasteiger partial charge is 0.483 e. The van der Waals surface area contributed by atoms with E-state index in [9.17, 15) is 22.0 Å². The first-order valence-electron chi connectivity index (χ1n) is 3.94. The Morgan fingerprint density at radius 2 is 1.33 bits per heavy atom. The third-order valence-electron chi connectivity index (χ3n) is 0.988. The van der Waals surface area contributed by atoms with Crippen LogP contribution in [-0.4, -0.2) is 25.5 Å². The fraction of sp³-hybridized carbons (Fsp3) is 1.00. The van der Waals surface area contributed by atoms with Crippen LogP contribution in [0.2, 0.25) is 0 Å². The molecule has 0 bridgehead atoms. The summed E-state index contributed by atoms with van der Waals surface area (Å²) >= 11 is 0. The van der Waals surface area contributed by atoms with Crippen molar-refractivity contribution in [3.8, 4) is 0 Å². The third-order valence-corrected chi connectivity index (χ3v) is 2.30. The van der Waals surface area contributed by atoms with Crippen molar-refractivity contribution < 1.29 is 35.5 Å². The van der Waals surface area contributed by atoms with E-state index in [-0.39, 0.29) is 13.2 Å². The van der Waals surface area contributed by atoms with Gasteiger partial charge in [-0.2, -0.15) is 22.0 Å². The average Bonchev–Trinajstić information content (AvgIpc) is 2.02. The predicted molar refractivity (Wildman–Crippen MR) is 42.3 cm³/mol. The van der Waals surface area contributed by atoms with Crippen LogP contribution >= 0.6 is 8.60 Å². The minimum Gasteiger partial charge on any atom is -0.312 e. The highest BCUT2D eigenvalue weighted by atomic mass is 31.2. The van der Waals surface area contributed by atoms with Crippen molar-refractivity contribution in [3.63, 3.8) is 0 Å². The highest BCUT2D eigenvalue weighted by molar-refractivity contribution is 7.41. The maximum atomic E-state index is 12.3. The van der Waals surface area contributed by atoms with Crippen LogP contribution in [0.25, 0.3) is 0 Å². The molecule has 0 heterocycles. The van der Waals surface area contributed by atoms with Crippen LogP contribution in [0.1, 0.15) is 13.8 Å². The van der Waals surface area contributed by atoms with Crippen molar-refractivity contribution in [2.24, 2.45) is 0 Å². The molecular weight excluding hydrogens is 246 g/mol. The fourth-order valence-electron chi connectivity index (χ4n) is 0.446. The molecule has 0 rings (SSSR count). The maximum Gasteiger partial charge on any atom is 0.483 e. The van der Waals surface area contributed by atoms with Crippen molar-refractivity contribution in [1.29, 1.82) is 0 Å². The zero-order valence-corrected chi connectivity index (χ0v) is 8.87. The Bertz CT molecular complexity index is 180. The molecule has 0 aromatic rings. The zero-order chi connectivity index (χ0) is 12.1. The number of hydrogen-bond acceptors (Lipinski definition) is 3. The maximum absolute atomic E-state index is 12.3. The van der Waals surface area contributed by atoms with E-state index in [0.29, 0.717) is 0 Å². The van der Waals surface area contributed by atoms with Crippen molar-refractivity contribution in [2.45, 2.75) is 26.1 Å². The summed E-state index contributed by atoms with van der Waals surface area (Å²) in [6.45, 7) is 2.67. The van der Waals surface area contributed by atoms with Crippen molar-refractivity contribution in [1.82, 2.24) is 0 Å². The molecule has 0 unspecified atom stereocenters. The summed E-state index contributed by atoms with van der Waals surface area (Å²) in [5.74, 6) is 0. The van der Waals surface area contributed by atoms with Crippen molar-refractivity contribution in [3.05, 3.63) is 0 Å². The fourth-order valence-corrected chi connectivity index (χ4v) is 1.34. The minimum absolute atomic E-state index is 0.0837. The second kappa shape index (κ2) is 5.89. The molecule has 0 atom stereocenters. The van der Waals surface area contributed by atoms with Gasteiger partial charge in [-0.1, -0.05) is 0 Å². The highest BCUT2D eigenvalue weighted by Gasteiger charge is 2.61. The van der Waals surface area contributed by atoms with Gasteiger partial charge < -0.3 is 9.05 Å². The van der Waals surface area contributed by atoms with E-state index >= 15 is 0 Å². The van der Waals surface area contributed by atoms with Gasteiger partial charge in [-0.3, -0.25) is 0 Å². The van der Waals surface area contributed by atoms with Gasteiger partial charge in [-0.15, -0.1) is 0 Å². The molecule has 0 N–H and O–H groups in total. The Kier molecular flexibility index (Phi) is 5.87. The van der Waals surface area contributed by atoms with Crippen LogP contribution in [0.15, 0.2) is 0 Å². The van der Waals surface area contributed by atoms with Crippen LogP contribution in [-0.2, 0) is 13.6 Å². The van der Waals surface area contributed by atoms with Crippen LogP contribution in [0.4, 0.5) is 22.0 Å². The Morgan fingerprint density at radius 1 is 0.933 bits per heavy atom. The van der Waals surface area contributed by atoms with Crippen LogP contribution in [0, 0.1) is 0 Å². The molecule has 0 saturated carbocycles. The second-order valence-electron chi connectivity index (χ2n) is 2.16. The van der Waals surface area contributed by atoms with E-state index in [1.807, 2.05) is 0 Å². The van der Waals surface area contributed by atoms with E-state index in [4.69, 9.17) is 0 Å². The van der Waals surface area contributed by atoms with E-state index in [1.54, 1.807) is 0 Å². The van der Waals surface area contributed by atoms with Crippen LogP contribution in [0.5, 0.6) is 0 Å². The molecule has 0 aliphatic heterocycles. The molecule has 3 nitrogen and oxygen atoms in total. The number of alkyl halides is 5. The van der Waals surface area contributed by atoms with Crippen LogP contribution in [0.3, 0.4) is 0 Å². The Labute approximate surface area is 84.5 Å². The van der Waals surface area contributed by atoms with Gasteiger partial charge in [0.15, 0.2) is 0 Å². The summed E-state index contributed by atoms with van der Waals surface area (Å²) in [7, 11) is -2.68. The third kappa shape index (κ3) is 5.01. The molecule has 92 valence electrons. The average molecular weight is 256 g/mol. The Hall–Kier alpha value is -0.0400. The Balaban J connectivity index is 4.37. The molecule has 0 aromatic carbocycles. The first-order valence-corrected chi connectivity index (χ1v) is 5.03. The molecule has 0 aromatic heterocycles. The topological polar surface area (TPSA) is 27.7 Å². The van der Waals surface area contributed by atoms with Gasteiger partial charge in [0.05, 0.1) is 13.2 Å². The molecular formula is C6H10F5O3P. The van der Waals surface area contributed by atoms with Gasteiger partial charge in [0.2, 0.25) is 0 Å². The zero-order valence-electron chi connectivity index (χ0n) is 7.98. The molecule has 0 saturated heterocycles. The standard InChI is InChI=1S/C6H10F5O3P/c1-3-12-15(13-4-2)14-6(10,11)5(7,8)9/h3-4H2,1-2H3. The lowest BCUT2D eigenvalue weighted by Gasteiger charge is -2.23. The molecule has 0 radical (unpaired) electrons.